The Kier molecular flexibility index (Phi) is 6.14. The van der Waals surface area contributed by atoms with E-state index < -0.39 is 21.7 Å². The van der Waals surface area contributed by atoms with Crippen molar-refractivity contribution in [1.82, 2.24) is 4.31 Å². The van der Waals surface area contributed by atoms with E-state index in [9.17, 15) is 17.6 Å². The Morgan fingerprint density at radius 2 is 1.69 bits per heavy atom. The summed E-state index contributed by atoms with van der Waals surface area (Å²) in [5, 5.41) is 0. The predicted octanol–water partition coefficient (Wildman–Crippen LogP) is 3.58. The van der Waals surface area contributed by atoms with Crippen molar-refractivity contribution in [2.75, 3.05) is 18.5 Å². The summed E-state index contributed by atoms with van der Waals surface area (Å²) in [4.78, 5) is 14.4. The highest BCUT2D eigenvalue weighted by molar-refractivity contribution is 7.89. The van der Waals surface area contributed by atoms with Gasteiger partial charge in [0, 0.05) is 12.7 Å². The van der Waals surface area contributed by atoms with Gasteiger partial charge in [-0.2, -0.15) is 4.31 Å². The topological polar surface area (TPSA) is 70.8 Å². The molecule has 0 spiro atoms. The first-order chi connectivity index (χ1) is 13.8. The monoisotopic (exact) mass is 416 g/mol. The zero-order valence-corrected chi connectivity index (χ0v) is 16.9. The second-order valence-corrected chi connectivity index (χ2v) is 8.65. The molecular weight excluding hydrogens is 395 g/mol. The Labute approximate surface area is 169 Å². The van der Waals surface area contributed by atoms with Crippen molar-refractivity contribution in [3.8, 4) is 0 Å². The van der Waals surface area contributed by atoms with E-state index in [1.54, 1.807) is 24.3 Å². The van der Waals surface area contributed by atoms with Crippen LogP contribution in [0.2, 0.25) is 0 Å². The molecule has 2 aromatic carbocycles. The maximum absolute atomic E-state index is 13.1. The average Bonchev–Trinajstić information content (AvgIpc) is 3.20. The lowest BCUT2D eigenvalue weighted by molar-refractivity contribution is -0.118. The van der Waals surface area contributed by atoms with Crippen LogP contribution in [0.15, 0.2) is 76.2 Å². The number of anilines is 1. The number of carbonyl (C=O) groups excluding carboxylic acids is 1. The fraction of sp³-hybridized carbons (Fsp3) is 0.190. The van der Waals surface area contributed by atoms with Crippen LogP contribution in [0, 0.1) is 12.7 Å². The van der Waals surface area contributed by atoms with Crippen molar-refractivity contribution in [2.24, 2.45) is 0 Å². The lowest BCUT2D eigenvalue weighted by atomic mass is 10.2. The number of sulfonamides is 1. The number of carbonyl (C=O) groups is 1. The van der Waals surface area contributed by atoms with Crippen LogP contribution < -0.4 is 4.90 Å². The molecule has 0 fully saturated rings. The van der Waals surface area contributed by atoms with Gasteiger partial charge in [0.2, 0.25) is 15.9 Å². The van der Waals surface area contributed by atoms with E-state index in [1.807, 2.05) is 19.1 Å². The summed E-state index contributed by atoms with van der Waals surface area (Å²) in [6.45, 7) is 1.72. The molecule has 0 N–H and O–H groups in total. The zero-order chi connectivity index (χ0) is 21.0. The second kappa shape index (κ2) is 8.59. The summed E-state index contributed by atoms with van der Waals surface area (Å²) in [6.07, 6.45) is 1.51. The second-order valence-electron chi connectivity index (χ2n) is 6.61. The molecule has 3 rings (SSSR count). The third kappa shape index (κ3) is 4.90. The van der Waals surface area contributed by atoms with Gasteiger partial charge in [-0.25, -0.2) is 12.8 Å². The molecule has 0 unspecified atom stereocenters. The number of aryl methyl sites for hydroxylation is 1. The molecule has 0 saturated heterocycles. The summed E-state index contributed by atoms with van der Waals surface area (Å²) >= 11 is 0. The van der Waals surface area contributed by atoms with Gasteiger partial charge in [0.1, 0.15) is 11.6 Å². The lowest BCUT2D eigenvalue weighted by Crippen LogP contribution is -2.41. The number of amides is 1. The molecule has 152 valence electrons. The van der Waals surface area contributed by atoms with E-state index in [2.05, 4.69) is 0 Å². The van der Waals surface area contributed by atoms with Crippen LogP contribution in [0.25, 0.3) is 0 Å². The molecule has 0 bridgehead atoms. The van der Waals surface area contributed by atoms with Crippen molar-refractivity contribution < 1.29 is 22.0 Å². The minimum Gasteiger partial charge on any atom is -0.467 e. The van der Waals surface area contributed by atoms with Gasteiger partial charge in [-0.1, -0.05) is 17.7 Å². The van der Waals surface area contributed by atoms with Crippen LogP contribution in [0.1, 0.15) is 11.3 Å². The number of furan rings is 1. The molecule has 0 radical (unpaired) electrons. The molecule has 0 atom stereocenters. The van der Waals surface area contributed by atoms with Gasteiger partial charge in [-0.15, -0.1) is 0 Å². The van der Waals surface area contributed by atoms with Crippen LogP contribution in [-0.4, -0.2) is 32.2 Å². The Balaban J connectivity index is 1.83. The van der Waals surface area contributed by atoms with E-state index in [0.29, 0.717) is 11.4 Å². The van der Waals surface area contributed by atoms with E-state index in [4.69, 9.17) is 4.42 Å². The van der Waals surface area contributed by atoms with Crippen molar-refractivity contribution in [3.63, 3.8) is 0 Å². The highest BCUT2D eigenvalue weighted by atomic mass is 32.2. The molecule has 1 heterocycles. The summed E-state index contributed by atoms with van der Waals surface area (Å²) < 4.78 is 44.8. The van der Waals surface area contributed by atoms with Gasteiger partial charge >= 0.3 is 0 Å². The van der Waals surface area contributed by atoms with Gasteiger partial charge < -0.3 is 9.32 Å². The van der Waals surface area contributed by atoms with Crippen LogP contribution in [-0.2, 0) is 21.4 Å². The van der Waals surface area contributed by atoms with Crippen LogP contribution >= 0.6 is 0 Å². The van der Waals surface area contributed by atoms with E-state index in [0.717, 1.165) is 22.0 Å². The number of hydrogen-bond donors (Lipinski definition) is 0. The molecular formula is C21H21FN2O4S. The van der Waals surface area contributed by atoms with Crippen molar-refractivity contribution in [1.29, 1.82) is 0 Å². The molecule has 1 aromatic heterocycles. The number of likely N-dealkylation sites (N-methyl/N-ethyl adjacent to an activating group) is 1. The fourth-order valence-corrected chi connectivity index (χ4v) is 3.87. The third-order valence-corrected chi connectivity index (χ3v) is 6.24. The maximum Gasteiger partial charge on any atom is 0.243 e. The average molecular weight is 416 g/mol. The minimum atomic E-state index is -3.94. The van der Waals surface area contributed by atoms with Crippen LogP contribution in [0.5, 0.6) is 0 Å². The van der Waals surface area contributed by atoms with Gasteiger partial charge in [0.05, 0.1) is 24.2 Å². The number of hydrogen-bond acceptors (Lipinski definition) is 4. The molecule has 8 heteroatoms. The predicted molar refractivity (Wildman–Crippen MR) is 107 cm³/mol. The molecule has 0 saturated carbocycles. The first-order valence-electron chi connectivity index (χ1n) is 8.89. The van der Waals surface area contributed by atoms with Crippen LogP contribution in [0.4, 0.5) is 10.1 Å². The zero-order valence-electron chi connectivity index (χ0n) is 16.1. The molecule has 3 aromatic rings. The molecule has 0 aliphatic carbocycles. The first-order valence-corrected chi connectivity index (χ1v) is 10.3. The highest BCUT2D eigenvalue weighted by Crippen LogP contribution is 2.20. The smallest absolute Gasteiger partial charge is 0.243 e. The van der Waals surface area contributed by atoms with E-state index >= 15 is 0 Å². The van der Waals surface area contributed by atoms with Gasteiger partial charge in [0.25, 0.3) is 0 Å². The van der Waals surface area contributed by atoms with Gasteiger partial charge in [-0.3, -0.25) is 4.79 Å². The standard InChI is InChI=1S/C21H21FN2O4S/c1-16-5-9-18(10-6-16)24(14-19-4-3-13-28-19)21(25)15-23(2)29(26,27)20-11-7-17(22)8-12-20/h3-13H,14-15H2,1-2H3. The first kappa shape index (κ1) is 20.8. The van der Waals surface area contributed by atoms with Crippen molar-refractivity contribution in [2.45, 2.75) is 18.4 Å². The van der Waals surface area contributed by atoms with Crippen LogP contribution in [0.3, 0.4) is 0 Å². The maximum atomic E-state index is 13.1. The Bertz CT molecular complexity index is 1060. The molecule has 29 heavy (non-hydrogen) atoms. The molecule has 0 aliphatic heterocycles. The SMILES string of the molecule is Cc1ccc(N(Cc2ccco2)C(=O)CN(C)S(=O)(=O)c2ccc(F)cc2)cc1. The Morgan fingerprint density at radius 3 is 2.28 bits per heavy atom. The third-order valence-electron chi connectivity index (χ3n) is 4.42. The summed E-state index contributed by atoms with van der Waals surface area (Å²) in [6, 6.07) is 15.3. The van der Waals surface area contributed by atoms with Gasteiger partial charge in [-0.05, 0) is 55.5 Å². The van der Waals surface area contributed by atoms with E-state index in [1.165, 1.54) is 30.3 Å². The largest absolute Gasteiger partial charge is 0.467 e. The number of benzene rings is 2. The number of rotatable bonds is 7. The molecule has 6 nitrogen and oxygen atoms in total. The Hall–Kier alpha value is -2.97. The normalized spacial score (nSPS) is 11.6. The molecule has 0 aliphatic rings. The summed E-state index contributed by atoms with van der Waals surface area (Å²) in [5.41, 5.74) is 1.67. The van der Waals surface area contributed by atoms with E-state index in [-0.39, 0.29) is 18.0 Å². The quantitative estimate of drug-likeness (QED) is 0.590. The fourth-order valence-electron chi connectivity index (χ4n) is 2.75. The van der Waals surface area contributed by atoms with Gasteiger partial charge in [0.15, 0.2) is 0 Å². The summed E-state index contributed by atoms with van der Waals surface area (Å²) in [7, 11) is -2.62. The summed E-state index contributed by atoms with van der Waals surface area (Å²) in [5.74, 6) is -0.381. The minimum absolute atomic E-state index is 0.0814. The van der Waals surface area contributed by atoms with Crippen molar-refractivity contribution >= 4 is 21.6 Å². The Morgan fingerprint density at radius 1 is 1.03 bits per heavy atom. The number of nitrogens with zero attached hydrogens (tertiary/aromatic N) is 2. The number of halogens is 1. The highest BCUT2D eigenvalue weighted by Gasteiger charge is 2.26. The van der Waals surface area contributed by atoms with Crippen molar-refractivity contribution in [3.05, 3.63) is 84.1 Å². The lowest BCUT2D eigenvalue weighted by Gasteiger charge is -2.25. The molecule has 1 amide bonds.